The summed E-state index contributed by atoms with van der Waals surface area (Å²) in [6, 6.07) is 9.47. The molecule has 8 heteroatoms. The molecule has 0 radical (unpaired) electrons. The fourth-order valence-electron chi connectivity index (χ4n) is 2.61. The first-order valence-electron chi connectivity index (χ1n) is 9.10. The van der Waals surface area contributed by atoms with Gasteiger partial charge in [-0.15, -0.1) is 0 Å². The summed E-state index contributed by atoms with van der Waals surface area (Å²) in [5.41, 5.74) is 3.33. The Morgan fingerprint density at radius 1 is 1.25 bits per heavy atom. The number of aromatic amines is 1. The average molecular weight is 412 g/mol. The van der Waals surface area contributed by atoms with E-state index in [1.54, 1.807) is 6.20 Å². The van der Waals surface area contributed by atoms with Crippen LogP contribution >= 0.6 is 0 Å². The van der Waals surface area contributed by atoms with Gasteiger partial charge in [0.05, 0.1) is 46.0 Å². The van der Waals surface area contributed by atoms with E-state index < -0.39 is 10.8 Å². The van der Waals surface area contributed by atoms with Crippen molar-refractivity contribution in [2.24, 2.45) is 0 Å². The molecule has 0 amide bonds. The van der Waals surface area contributed by atoms with Crippen LogP contribution < -0.4 is 34.3 Å². The monoisotopic (exact) mass is 411 g/mol. The Balaban J connectivity index is 0.00000210. The third-order valence-corrected chi connectivity index (χ3v) is 5.59. The second-order valence-corrected chi connectivity index (χ2v) is 7.73. The van der Waals surface area contributed by atoms with Gasteiger partial charge in [-0.1, -0.05) is 19.1 Å². The summed E-state index contributed by atoms with van der Waals surface area (Å²) >= 11 is 0. The number of aromatic nitrogens is 3. The van der Waals surface area contributed by atoms with Gasteiger partial charge in [0.15, 0.2) is 5.16 Å². The van der Waals surface area contributed by atoms with Crippen molar-refractivity contribution in [3.63, 3.8) is 0 Å². The molecule has 0 fully saturated rings. The maximum absolute atomic E-state index is 12.7. The largest absolute Gasteiger partial charge is 1.00 e. The van der Waals surface area contributed by atoms with Crippen LogP contribution in [0, 0.1) is 6.92 Å². The Hall–Kier alpha value is -1.25. The Bertz CT molecular complexity index is 905. The molecule has 2 aromatic heterocycles. The number of H-pyrrole nitrogens is 1. The van der Waals surface area contributed by atoms with E-state index in [-0.39, 0.29) is 42.8 Å². The fourth-order valence-corrected chi connectivity index (χ4v) is 3.71. The molecule has 0 saturated carbocycles. The van der Waals surface area contributed by atoms with Crippen LogP contribution in [-0.4, -0.2) is 38.5 Å². The van der Waals surface area contributed by atoms with Gasteiger partial charge in [0.2, 0.25) is 0 Å². The summed E-state index contributed by atoms with van der Waals surface area (Å²) in [6.45, 7) is 7.08. The van der Waals surface area contributed by atoms with E-state index in [2.05, 4.69) is 21.9 Å². The molecule has 3 rings (SSSR count). The van der Waals surface area contributed by atoms with Gasteiger partial charge in [-0.2, -0.15) is 0 Å². The molecule has 0 aliphatic carbocycles. The second-order valence-electron chi connectivity index (χ2n) is 6.37. The molecule has 146 valence electrons. The van der Waals surface area contributed by atoms with Crippen LogP contribution in [-0.2, 0) is 21.3 Å². The summed E-state index contributed by atoms with van der Waals surface area (Å²) in [5, 5.41) is 0.464. The minimum absolute atomic E-state index is 0. The van der Waals surface area contributed by atoms with Crippen molar-refractivity contribution < 1.29 is 44.7 Å². The molecular weight excluding hydrogens is 385 g/mol. The molecule has 2 unspecified atom stereocenters. The summed E-state index contributed by atoms with van der Waals surface area (Å²) < 4.78 is 24.2. The number of pyridine rings is 1. The number of nitrogens with zero attached hydrogens (tertiary/aromatic N) is 2. The van der Waals surface area contributed by atoms with Crippen LogP contribution in [0.1, 0.15) is 33.0 Å². The Morgan fingerprint density at radius 2 is 2.04 bits per heavy atom. The number of benzene rings is 1. The number of hydrogen-bond donors (Lipinski definition) is 1. The van der Waals surface area contributed by atoms with Crippen molar-refractivity contribution >= 4 is 21.8 Å². The predicted octanol–water partition coefficient (Wildman–Crippen LogP) is 0.885. The van der Waals surface area contributed by atoms with Crippen molar-refractivity contribution in [2.75, 3.05) is 13.2 Å². The smallest absolute Gasteiger partial charge is 1.00 e. The SMILES string of the molecule is CCC(C)OCCOc1ccnc(CS(=O)c2nc3ccccc3[nH]2)c1C.[H-].[Na+]. The molecule has 6 nitrogen and oxygen atoms in total. The van der Waals surface area contributed by atoms with Crippen LogP contribution in [0.25, 0.3) is 11.0 Å². The second kappa shape index (κ2) is 11.1. The number of imidazole rings is 1. The first kappa shape index (κ1) is 23.0. The van der Waals surface area contributed by atoms with Crippen molar-refractivity contribution in [3.05, 3.63) is 47.8 Å². The standard InChI is InChI=1S/C20H25N3O3S.Na.H/c1-4-14(2)25-11-12-26-19-9-10-21-18(15(19)3)13-27(24)20-22-16-7-5-6-8-17(16)23-20;;/h5-10,14H,4,11-13H2,1-3H3,(H,22,23);;/q;+1;-1. The number of hydrogen-bond acceptors (Lipinski definition) is 5. The Kier molecular flexibility index (Phi) is 9.11. The van der Waals surface area contributed by atoms with Crippen LogP contribution in [0.2, 0.25) is 0 Å². The molecule has 28 heavy (non-hydrogen) atoms. The number of para-hydroxylation sites is 2. The van der Waals surface area contributed by atoms with Crippen molar-refractivity contribution in [3.8, 4) is 5.75 Å². The molecule has 0 aliphatic rings. The molecule has 0 aliphatic heterocycles. The zero-order valence-corrected chi connectivity index (χ0v) is 19.7. The predicted molar refractivity (Wildman–Crippen MR) is 107 cm³/mol. The summed E-state index contributed by atoms with van der Waals surface area (Å²) in [7, 11) is -1.31. The molecule has 1 N–H and O–H groups in total. The molecule has 2 heterocycles. The molecule has 0 spiro atoms. The summed E-state index contributed by atoms with van der Waals surface area (Å²) in [6.07, 6.45) is 2.89. The maximum atomic E-state index is 12.7. The van der Waals surface area contributed by atoms with Gasteiger partial charge >= 0.3 is 29.6 Å². The molecule has 0 saturated heterocycles. The Labute approximate surface area is 191 Å². The minimum atomic E-state index is -1.31. The van der Waals surface area contributed by atoms with Gasteiger partial charge in [-0.25, -0.2) is 4.98 Å². The van der Waals surface area contributed by atoms with Crippen LogP contribution in [0.15, 0.2) is 41.7 Å². The summed E-state index contributed by atoms with van der Waals surface area (Å²) in [4.78, 5) is 11.9. The van der Waals surface area contributed by atoms with E-state index in [9.17, 15) is 4.21 Å². The summed E-state index contributed by atoms with van der Waals surface area (Å²) in [5.74, 6) is 1.03. The van der Waals surface area contributed by atoms with Gasteiger partial charge in [0.1, 0.15) is 12.4 Å². The van der Waals surface area contributed by atoms with E-state index in [1.165, 1.54) is 0 Å². The van der Waals surface area contributed by atoms with Gasteiger partial charge < -0.3 is 15.9 Å². The molecule has 3 aromatic rings. The topological polar surface area (TPSA) is 77.1 Å². The van der Waals surface area contributed by atoms with Crippen molar-refractivity contribution in [1.29, 1.82) is 0 Å². The quantitative estimate of drug-likeness (QED) is 0.418. The maximum Gasteiger partial charge on any atom is 1.00 e. The van der Waals surface area contributed by atoms with Gasteiger partial charge in [-0.3, -0.25) is 9.19 Å². The number of rotatable bonds is 9. The van der Waals surface area contributed by atoms with Crippen LogP contribution in [0.3, 0.4) is 0 Å². The van der Waals surface area contributed by atoms with E-state index in [4.69, 9.17) is 9.47 Å². The van der Waals surface area contributed by atoms with Crippen molar-refractivity contribution in [2.45, 2.75) is 44.2 Å². The fraction of sp³-hybridized carbons (Fsp3) is 0.400. The van der Waals surface area contributed by atoms with E-state index >= 15 is 0 Å². The first-order valence-corrected chi connectivity index (χ1v) is 10.4. The van der Waals surface area contributed by atoms with E-state index in [0.29, 0.717) is 18.4 Å². The molecule has 1 aromatic carbocycles. The average Bonchev–Trinajstić information content (AvgIpc) is 3.12. The number of ether oxygens (including phenoxy) is 2. The van der Waals surface area contributed by atoms with Gasteiger partial charge in [-0.05, 0) is 38.5 Å². The Morgan fingerprint density at radius 3 is 2.79 bits per heavy atom. The zero-order valence-electron chi connectivity index (χ0n) is 17.9. The van der Waals surface area contributed by atoms with Gasteiger partial charge in [0.25, 0.3) is 0 Å². The molecular formula is C20H26N3NaO3S. The first-order chi connectivity index (χ1) is 13.1. The van der Waals surface area contributed by atoms with E-state index in [0.717, 1.165) is 34.5 Å². The zero-order chi connectivity index (χ0) is 19.2. The third-order valence-electron chi connectivity index (χ3n) is 4.43. The third kappa shape index (κ3) is 5.87. The van der Waals surface area contributed by atoms with Gasteiger partial charge in [0, 0.05) is 11.8 Å². The molecule has 2 atom stereocenters. The van der Waals surface area contributed by atoms with Crippen LogP contribution in [0.4, 0.5) is 0 Å². The van der Waals surface area contributed by atoms with E-state index in [1.807, 2.05) is 44.2 Å². The number of fused-ring (bicyclic) bond motifs is 1. The minimum Gasteiger partial charge on any atom is -1.00 e. The van der Waals surface area contributed by atoms with Crippen molar-refractivity contribution in [1.82, 2.24) is 15.0 Å². The molecule has 0 bridgehead atoms. The van der Waals surface area contributed by atoms with Crippen LogP contribution in [0.5, 0.6) is 5.75 Å². The number of nitrogens with one attached hydrogen (secondary N) is 1. The normalized spacial score (nSPS) is 13.1.